The number of carbonyl (C=O) groups is 1. The number of nitrogens with two attached hydrogens (primary N) is 3. The van der Waals surface area contributed by atoms with Crippen LogP contribution < -0.4 is 27.8 Å². The van der Waals surface area contributed by atoms with Gasteiger partial charge < -0.3 is 27.8 Å². The SMILES string of the molecule is CCCCCC1(C)CCC(F)CN=C1C(C(=O)NC1CN(C2CCCC2)CCC1NCCCN)C(N)N. The fourth-order valence-corrected chi connectivity index (χ4v) is 6.69. The van der Waals surface area contributed by atoms with Crippen LogP contribution in [0.2, 0.25) is 0 Å². The Hall–Kier alpha value is -1.13. The quantitative estimate of drug-likeness (QED) is 0.186. The van der Waals surface area contributed by atoms with Crippen LogP contribution in [0.4, 0.5) is 4.39 Å². The van der Waals surface area contributed by atoms with Crippen molar-refractivity contribution in [2.45, 2.75) is 121 Å². The number of aliphatic imine (C=N–C) groups is 1. The van der Waals surface area contributed by atoms with E-state index in [1.54, 1.807) is 0 Å². The van der Waals surface area contributed by atoms with Gasteiger partial charge in [0.25, 0.3) is 0 Å². The van der Waals surface area contributed by atoms with Gasteiger partial charge in [-0.15, -0.1) is 0 Å². The van der Waals surface area contributed by atoms with E-state index >= 15 is 0 Å². The zero-order valence-corrected chi connectivity index (χ0v) is 23.4. The summed E-state index contributed by atoms with van der Waals surface area (Å²) in [5.41, 5.74) is 18.6. The predicted molar refractivity (Wildman–Crippen MR) is 150 cm³/mol. The Kier molecular flexibility index (Phi) is 12.2. The Morgan fingerprint density at radius 3 is 2.59 bits per heavy atom. The Balaban J connectivity index is 1.80. The van der Waals surface area contributed by atoms with Gasteiger partial charge in [0.1, 0.15) is 12.1 Å². The zero-order chi connectivity index (χ0) is 26.8. The highest BCUT2D eigenvalue weighted by Gasteiger charge is 2.43. The largest absolute Gasteiger partial charge is 0.350 e. The second-order valence-electron chi connectivity index (χ2n) is 12.0. The third kappa shape index (κ3) is 8.43. The summed E-state index contributed by atoms with van der Waals surface area (Å²) in [6.07, 6.45) is 10.2. The van der Waals surface area contributed by atoms with Crippen molar-refractivity contribution < 1.29 is 9.18 Å². The van der Waals surface area contributed by atoms with Gasteiger partial charge in [-0.25, -0.2) is 4.39 Å². The van der Waals surface area contributed by atoms with E-state index in [0.717, 1.165) is 58.2 Å². The van der Waals surface area contributed by atoms with E-state index in [0.29, 0.717) is 31.1 Å². The second-order valence-corrected chi connectivity index (χ2v) is 12.0. The summed E-state index contributed by atoms with van der Waals surface area (Å²) in [5, 5.41) is 7.00. The number of likely N-dealkylation sites (tertiary alicyclic amines) is 1. The molecule has 2 aliphatic heterocycles. The molecule has 0 radical (unpaired) electrons. The van der Waals surface area contributed by atoms with E-state index in [4.69, 9.17) is 22.2 Å². The maximum Gasteiger partial charge on any atom is 0.232 e. The lowest BCUT2D eigenvalue weighted by Gasteiger charge is -2.43. The number of carbonyl (C=O) groups excluding carboxylic acids is 1. The third-order valence-electron chi connectivity index (χ3n) is 8.98. The molecule has 3 rings (SSSR count). The molecule has 1 amide bonds. The molecule has 0 bridgehead atoms. The van der Waals surface area contributed by atoms with Crippen molar-refractivity contribution in [3.63, 3.8) is 0 Å². The Labute approximate surface area is 224 Å². The average molecular weight is 524 g/mol. The number of halogens is 1. The molecule has 8 N–H and O–H groups in total. The standard InChI is InChI=1S/C28H54FN7O/c1-3-4-7-13-28(2)14-11-20(29)18-34-25(28)24(26(31)32)27(37)35-23-19-36(21-9-5-6-10-21)17-12-22(23)33-16-8-15-30/h20-24,26,33H,3-19,30-32H2,1-2H3,(H,35,37). The molecule has 37 heavy (non-hydrogen) atoms. The topological polar surface area (TPSA) is 135 Å². The number of unbranched alkanes of at least 4 members (excludes halogenated alkanes) is 2. The molecule has 0 spiro atoms. The minimum atomic E-state index is -0.991. The molecule has 0 aromatic heterocycles. The third-order valence-corrected chi connectivity index (χ3v) is 8.98. The lowest BCUT2D eigenvalue weighted by molar-refractivity contribution is -0.125. The number of hydrogen-bond donors (Lipinski definition) is 5. The number of hydrogen-bond acceptors (Lipinski definition) is 7. The fraction of sp³-hybridized carbons (Fsp3) is 0.929. The van der Waals surface area contributed by atoms with Crippen LogP contribution in [0.1, 0.15) is 90.9 Å². The van der Waals surface area contributed by atoms with Gasteiger partial charge in [0.2, 0.25) is 5.91 Å². The van der Waals surface area contributed by atoms with Crippen LogP contribution in [0.15, 0.2) is 4.99 Å². The minimum Gasteiger partial charge on any atom is -0.350 e. The first kappa shape index (κ1) is 30.4. The van der Waals surface area contributed by atoms with Gasteiger partial charge in [0.15, 0.2) is 0 Å². The number of nitrogens with zero attached hydrogens (tertiary/aromatic N) is 2. The van der Waals surface area contributed by atoms with Crippen LogP contribution in [-0.2, 0) is 4.79 Å². The Morgan fingerprint density at radius 2 is 1.92 bits per heavy atom. The van der Waals surface area contributed by atoms with E-state index < -0.39 is 18.3 Å². The van der Waals surface area contributed by atoms with Gasteiger partial charge in [-0.2, -0.15) is 0 Å². The van der Waals surface area contributed by atoms with Crippen molar-refractivity contribution in [2.24, 2.45) is 33.5 Å². The summed E-state index contributed by atoms with van der Waals surface area (Å²) < 4.78 is 14.5. The number of piperidine rings is 1. The smallest absolute Gasteiger partial charge is 0.232 e. The number of alkyl halides is 1. The van der Waals surface area contributed by atoms with Crippen LogP contribution in [0.3, 0.4) is 0 Å². The molecule has 0 aromatic carbocycles. The van der Waals surface area contributed by atoms with Gasteiger partial charge >= 0.3 is 0 Å². The Bertz CT molecular complexity index is 729. The number of nitrogens with one attached hydrogen (secondary N) is 2. The van der Waals surface area contributed by atoms with Crippen molar-refractivity contribution in [1.82, 2.24) is 15.5 Å². The lowest BCUT2D eigenvalue weighted by Crippen LogP contribution is -2.64. The van der Waals surface area contributed by atoms with Gasteiger partial charge in [-0.1, -0.05) is 46.0 Å². The number of rotatable bonds is 13. The summed E-state index contributed by atoms with van der Waals surface area (Å²) in [6.45, 7) is 7.70. The van der Waals surface area contributed by atoms with Crippen LogP contribution in [-0.4, -0.2) is 79.7 Å². The van der Waals surface area contributed by atoms with Crippen LogP contribution in [0.5, 0.6) is 0 Å². The van der Waals surface area contributed by atoms with Crippen molar-refractivity contribution in [3.05, 3.63) is 0 Å². The molecule has 8 nitrogen and oxygen atoms in total. The zero-order valence-electron chi connectivity index (χ0n) is 23.4. The molecular formula is C28H54FN7O. The van der Waals surface area contributed by atoms with Gasteiger partial charge in [0.05, 0.1) is 18.8 Å². The highest BCUT2D eigenvalue weighted by molar-refractivity contribution is 6.07. The van der Waals surface area contributed by atoms with E-state index in [1.807, 2.05) is 0 Å². The summed E-state index contributed by atoms with van der Waals surface area (Å²) >= 11 is 0. The predicted octanol–water partition coefficient (Wildman–Crippen LogP) is 2.45. The van der Waals surface area contributed by atoms with Crippen molar-refractivity contribution in [2.75, 3.05) is 32.7 Å². The summed E-state index contributed by atoms with van der Waals surface area (Å²) in [4.78, 5) is 21.2. The molecule has 5 unspecified atom stereocenters. The molecule has 1 saturated heterocycles. The normalized spacial score (nSPS) is 30.8. The Morgan fingerprint density at radius 1 is 1.16 bits per heavy atom. The van der Waals surface area contributed by atoms with E-state index in [2.05, 4.69) is 29.4 Å². The first-order valence-corrected chi connectivity index (χ1v) is 15.0. The number of amides is 1. The van der Waals surface area contributed by atoms with Gasteiger partial charge in [-0.05, 0) is 58.0 Å². The highest BCUT2D eigenvalue weighted by atomic mass is 19.1. The molecular weight excluding hydrogens is 469 g/mol. The first-order valence-electron chi connectivity index (χ1n) is 15.0. The van der Waals surface area contributed by atoms with Crippen LogP contribution in [0.25, 0.3) is 0 Å². The van der Waals surface area contributed by atoms with E-state index in [1.165, 1.54) is 25.7 Å². The molecule has 214 valence electrons. The highest BCUT2D eigenvalue weighted by Crippen LogP contribution is 2.38. The summed E-state index contributed by atoms with van der Waals surface area (Å²) in [7, 11) is 0. The molecule has 1 saturated carbocycles. The van der Waals surface area contributed by atoms with Gasteiger partial charge in [-0.3, -0.25) is 14.7 Å². The first-order chi connectivity index (χ1) is 17.8. The van der Waals surface area contributed by atoms with Crippen molar-refractivity contribution >= 4 is 11.6 Å². The maximum atomic E-state index is 14.5. The van der Waals surface area contributed by atoms with Crippen LogP contribution >= 0.6 is 0 Å². The molecule has 2 heterocycles. The second kappa shape index (κ2) is 14.9. The molecule has 0 aromatic rings. The van der Waals surface area contributed by atoms with Crippen LogP contribution in [0, 0.1) is 11.3 Å². The average Bonchev–Trinajstić information content (AvgIpc) is 3.36. The molecule has 3 aliphatic rings. The summed E-state index contributed by atoms with van der Waals surface area (Å²) in [6, 6.07) is 0.726. The summed E-state index contributed by atoms with van der Waals surface area (Å²) in [5.74, 6) is -0.930. The minimum absolute atomic E-state index is 0.0486. The molecule has 2 fully saturated rings. The fourth-order valence-electron chi connectivity index (χ4n) is 6.69. The van der Waals surface area contributed by atoms with Crippen molar-refractivity contribution in [1.29, 1.82) is 0 Å². The van der Waals surface area contributed by atoms with E-state index in [-0.39, 0.29) is 30.0 Å². The monoisotopic (exact) mass is 523 g/mol. The van der Waals surface area contributed by atoms with Gasteiger partial charge in [0, 0.05) is 36.3 Å². The lowest BCUT2D eigenvalue weighted by atomic mass is 9.71. The van der Waals surface area contributed by atoms with Crippen molar-refractivity contribution in [3.8, 4) is 0 Å². The molecule has 1 aliphatic carbocycles. The molecule has 5 atom stereocenters. The molecule has 9 heteroatoms. The van der Waals surface area contributed by atoms with E-state index in [9.17, 15) is 9.18 Å². The maximum absolute atomic E-state index is 14.5.